The van der Waals surface area contributed by atoms with E-state index in [1.54, 1.807) is 17.5 Å². The number of aromatic nitrogens is 5. The van der Waals surface area contributed by atoms with Gasteiger partial charge in [0.25, 0.3) is 0 Å². The summed E-state index contributed by atoms with van der Waals surface area (Å²) in [5, 5.41) is 15.0. The third-order valence-electron chi connectivity index (χ3n) is 4.17. The third kappa shape index (κ3) is 3.51. The molecule has 0 aromatic carbocycles. The molecule has 0 radical (unpaired) electrons. The lowest BCUT2D eigenvalue weighted by atomic mass is 10.2. The van der Waals surface area contributed by atoms with Crippen LogP contribution in [0.25, 0.3) is 10.6 Å². The van der Waals surface area contributed by atoms with Crippen LogP contribution < -0.4 is 0 Å². The van der Waals surface area contributed by atoms with Gasteiger partial charge in [0.15, 0.2) is 0 Å². The predicted octanol–water partition coefficient (Wildman–Crippen LogP) is 2.50. The topological polar surface area (TPSA) is 51.8 Å². The van der Waals surface area contributed by atoms with Crippen LogP contribution in [0.3, 0.4) is 0 Å². The van der Waals surface area contributed by atoms with Crippen LogP contribution in [0.15, 0.2) is 36.1 Å². The zero-order valence-corrected chi connectivity index (χ0v) is 13.8. The molecular formula is C16H20N6S. The van der Waals surface area contributed by atoms with Crippen LogP contribution in [0.5, 0.6) is 0 Å². The number of rotatable bonds is 6. The maximum atomic E-state index is 4.31. The highest BCUT2D eigenvalue weighted by molar-refractivity contribution is 7.13. The second-order valence-corrected chi connectivity index (χ2v) is 6.85. The Bertz CT molecular complexity index is 738. The highest BCUT2D eigenvalue weighted by Crippen LogP contribution is 2.26. The van der Waals surface area contributed by atoms with E-state index in [1.807, 2.05) is 27.8 Å². The largest absolute Gasteiger partial charge is 0.299 e. The molecule has 1 saturated heterocycles. The molecule has 0 bridgehead atoms. The van der Waals surface area contributed by atoms with Crippen molar-refractivity contribution in [1.82, 2.24) is 29.7 Å². The predicted molar refractivity (Wildman–Crippen MR) is 90.1 cm³/mol. The van der Waals surface area contributed by atoms with Gasteiger partial charge in [0, 0.05) is 18.9 Å². The number of hydrogen-bond donors (Lipinski definition) is 0. The first-order chi connectivity index (χ1) is 11.4. The highest BCUT2D eigenvalue weighted by Gasteiger charge is 2.13. The molecule has 7 heteroatoms. The third-order valence-corrected chi connectivity index (χ3v) is 5.17. The molecule has 0 spiro atoms. The van der Waals surface area contributed by atoms with Crippen LogP contribution in [0.2, 0.25) is 0 Å². The van der Waals surface area contributed by atoms with Crippen LogP contribution >= 0.6 is 11.3 Å². The van der Waals surface area contributed by atoms with Gasteiger partial charge in [0.1, 0.15) is 5.69 Å². The Kier molecular flexibility index (Phi) is 4.21. The lowest BCUT2D eigenvalue weighted by molar-refractivity contribution is 0.332. The normalized spacial score (nSPS) is 15.5. The fourth-order valence-corrected chi connectivity index (χ4v) is 3.80. The Morgan fingerprint density at radius 1 is 1.13 bits per heavy atom. The fourth-order valence-electron chi connectivity index (χ4n) is 2.95. The highest BCUT2D eigenvalue weighted by atomic mass is 32.1. The molecule has 1 aliphatic rings. The standard InChI is InChI=1S/C16H20N6S/c1-2-6-20(5-1)11-14-10-16(23-13-14)15-12-22(19-18-15)9-8-21-7-3-4-17-21/h3-4,7,10,12-13H,1-2,5-6,8-9,11H2. The molecule has 1 aliphatic heterocycles. The van der Waals surface area contributed by atoms with Crippen molar-refractivity contribution in [2.75, 3.05) is 13.1 Å². The Morgan fingerprint density at radius 2 is 2.00 bits per heavy atom. The summed E-state index contributed by atoms with van der Waals surface area (Å²) in [6.45, 7) is 5.11. The number of aryl methyl sites for hydroxylation is 2. The first-order valence-electron chi connectivity index (χ1n) is 8.04. The minimum Gasteiger partial charge on any atom is -0.299 e. The maximum Gasteiger partial charge on any atom is 0.122 e. The molecular weight excluding hydrogens is 308 g/mol. The van der Waals surface area contributed by atoms with E-state index in [0.717, 1.165) is 25.3 Å². The number of likely N-dealkylation sites (tertiary alicyclic amines) is 1. The molecule has 3 aromatic heterocycles. The zero-order valence-electron chi connectivity index (χ0n) is 13.0. The van der Waals surface area contributed by atoms with Gasteiger partial charge in [0.2, 0.25) is 0 Å². The minimum atomic E-state index is 0.778. The monoisotopic (exact) mass is 328 g/mol. The van der Waals surface area contributed by atoms with Crippen molar-refractivity contribution in [3.8, 4) is 10.6 Å². The number of thiophene rings is 1. The van der Waals surface area contributed by atoms with Crippen LogP contribution in [0.4, 0.5) is 0 Å². The van der Waals surface area contributed by atoms with Crippen LogP contribution in [0.1, 0.15) is 18.4 Å². The molecule has 23 heavy (non-hydrogen) atoms. The lowest BCUT2D eigenvalue weighted by Crippen LogP contribution is -2.17. The van der Waals surface area contributed by atoms with Gasteiger partial charge in [-0.1, -0.05) is 5.21 Å². The molecule has 0 N–H and O–H groups in total. The quantitative estimate of drug-likeness (QED) is 0.698. The van der Waals surface area contributed by atoms with Gasteiger partial charge in [0.05, 0.1) is 24.2 Å². The van der Waals surface area contributed by atoms with Gasteiger partial charge in [-0.15, -0.1) is 16.4 Å². The average molecular weight is 328 g/mol. The summed E-state index contributed by atoms with van der Waals surface area (Å²) in [5.74, 6) is 0. The Morgan fingerprint density at radius 3 is 2.83 bits per heavy atom. The van der Waals surface area contributed by atoms with Gasteiger partial charge in [-0.05, 0) is 49.0 Å². The SMILES string of the molecule is c1cnn(CCn2cc(-c3cc(CN4CCCC4)cs3)nn2)c1. The van der Waals surface area contributed by atoms with E-state index in [1.165, 1.54) is 36.4 Å². The molecule has 3 aromatic rings. The van der Waals surface area contributed by atoms with Crippen molar-refractivity contribution in [3.63, 3.8) is 0 Å². The summed E-state index contributed by atoms with van der Waals surface area (Å²) in [5.41, 5.74) is 2.35. The first-order valence-corrected chi connectivity index (χ1v) is 8.92. The zero-order chi connectivity index (χ0) is 15.5. The summed E-state index contributed by atoms with van der Waals surface area (Å²) in [6.07, 6.45) is 8.44. The van der Waals surface area contributed by atoms with Gasteiger partial charge in [-0.3, -0.25) is 14.3 Å². The molecule has 0 atom stereocenters. The molecule has 0 amide bonds. The van der Waals surface area contributed by atoms with E-state index in [0.29, 0.717) is 0 Å². The van der Waals surface area contributed by atoms with Crippen molar-refractivity contribution in [1.29, 1.82) is 0 Å². The van der Waals surface area contributed by atoms with Gasteiger partial charge in [-0.2, -0.15) is 5.10 Å². The van der Waals surface area contributed by atoms with Crippen LogP contribution in [0, 0.1) is 0 Å². The van der Waals surface area contributed by atoms with E-state index in [2.05, 4.69) is 31.8 Å². The number of hydrogen-bond acceptors (Lipinski definition) is 5. The van der Waals surface area contributed by atoms with E-state index >= 15 is 0 Å². The van der Waals surface area contributed by atoms with E-state index in [-0.39, 0.29) is 0 Å². The summed E-state index contributed by atoms with van der Waals surface area (Å²) < 4.78 is 3.79. The summed E-state index contributed by atoms with van der Waals surface area (Å²) in [4.78, 5) is 3.72. The van der Waals surface area contributed by atoms with Crippen molar-refractivity contribution < 1.29 is 0 Å². The second-order valence-electron chi connectivity index (χ2n) is 5.94. The van der Waals surface area contributed by atoms with Crippen molar-refractivity contribution in [2.24, 2.45) is 0 Å². The van der Waals surface area contributed by atoms with Crippen LogP contribution in [-0.4, -0.2) is 42.8 Å². The Balaban J connectivity index is 1.39. The Labute approximate surface area is 139 Å². The molecule has 1 fully saturated rings. The Hall–Kier alpha value is -1.99. The summed E-state index contributed by atoms with van der Waals surface area (Å²) in [6, 6.07) is 4.19. The number of nitrogens with zero attached hydrogens (tertiary/aromatic N) is 6. The van der Waals surface area contributed by atoms with Crippen molar-refractivity contribution in [2.45, 2.75) is 32.5 Å². The summed E-state index contributed by atoms with van der Waals surface area (Å²) in [7, 11) is 0. The van der Waals surface area contributed by atoms with E-state index in [9.17, 15) is 0 Å². The summed E-state index contributed by atoms with van der Waals surface area (Å²) >= 11 is 1.76. The van der Waals surface area contributed by atoms with Crippen molar-refractivity contribution >= 4 is 11.3 Å². The van der Waals surface area contributed by atoms with Crippen LogP contribution in [-0.2, 0) is 19.6 Å². The van der Waals surface area contributed by atoms with Crippen molar-refractivity contribution in [3.05, 3.63) is 41.7 Å². The molecule has 6 nitrogen and oxygen atoms in total. The minimum absolute atomic E-state index is 0.778. The van der Waals surface area contributed by atoms with Gasteiger partial charge >= 0.3 is 0 Å². The van der Waals surface area contributed by atoms with E-state index in [4.69, 9.17) is 0 Å². The van der Waals surface area contributed by atoms with Gasteiger partial charge < -0.3 is 0 Å². The average Bonchev–Trinajstić information content (AvgIpc) is 3.34. The lowest BCUT2D eigenvalue weighted by Gasteiger charge is -2.12. The van der Waals surface area contributed by atoms with Gasteiger partial charge in [-0.25, -0.2) is 0 Å². The molecule has 4 heterocycles. The second kappa shape index (κ2) is 6.64. The maximum absolute atomic E-state index is 4.31. The molecule has 0 unspecified atom stereocenters. The fraction of sp³-hybridized carbons (Fsp3) is 0.438. The molecule has 0 saturated carbocycles. The smallest absolute Gasteiger partial charge is 0.122 e. The first kappa shape index (κ1) is 14.6. The molecule has 0 aliphatic carbocycles. The molecule has 120 valence electrons. The molecule has 4 rings (SSSR count). The van der Waals surface area contributed by atoms with E-state index < -0.39 is 0 Å².